The smallest absolute Gasteiger partial charge is 0.352 e. The molecule has 0 aromatic carbocycles. The Bertz CT molecular complexity index is 683. The first-order chi connectivity index (χ1) is 11.8. The molecule has 5 heteroatoms. The summed E-state index contributed by atoms with van der Waals surface area (Å²) >= 11 is 0. The third-order valence-corrected chi connectivity index (χ3v) is 7.85. The van der Waals surface area contributed by atoms with Gasteiger partial charge in [0.2, 0.25) is 0 Å². The summed E-state index contributed by atoms with van der Waals surface area (Å²) < 4.78 is 12.6. The minimum absolute atomic E-state index is 0.0210. The zero-order valence-electron chi connectivity index (χ0n) is 14.7. The maximum absolute atomic E-state index is 12.6. The van der Waals surface area contributed by atoms with Gasteiger partial charge in [-0.1, -0.05) is 25.5 Å². The van der Waals surface area contributed by atoms with E-state index >= 15 is 0 Å². The number of carbonyl (C=O) groups excluding carboxylic acids is 2. The molecule has 7 atom stereocenters. The fourth-order valence-electron chi connectivity index (χ4n) is 6.77. The van der Waals surface area contributed by atoms with Crippen molar-refractivity contribution in [2.75, 3.05) is 0 Å². The maximum atomic E-state index is 12.6. The molecule has 0 aromatic rings. The van der Waals surface area contributed by atoms with Crippen LogP contribution in [0.1, 0.15) is 46.0 Å². The Kier molecular flexibility index (Phi) is 3.73. The lowest BCUT2D eigenvalue weighted by Crippen LogP contribution is -2.56. The minimum Gasteiger partial charge on any atom is -0.393 e. The number of rotatable bonds is 1. The van der Waals surface area contributed by atoms with Crippen molar-refractivity contribution in [1.29, 1.82) is 0 Å². The normalized spacial score (nSPS) is 48.2. The molecular formula is C20H25FO4. The van der Waals surface area contributed by atoms with Crippen LogP contribution in [0, 0.1) is 34.5 Å². The molecule has 0 amide bonds. The Labute approximate surface area is 147 Å². The number of aliphatic hydroxyl groups excluding tert-OH is 1. The Morgan fingerprint density at radius 2 is 2.08 bits per heavy atom. The molecule has 0 aromatic heterocycles. The van der Waals surface area contributed by atoms with Gasteiger partial charge in [-0.2, -0.15) is 0 Å². The van der Waals surface area contributed by atoms with Gasteiger partial charge in [0.1, 0.15) is 0 Å². The molecule has 0 saturated heterocycles. The highest BCUT2D eigenvalue weighted by Gasteiger charge is 2.63. The van der Waals surface area contributed by atoms with Crippen LogP contribution in [0.15, 0.2) is 23.8 Å². The molecule has 4 aliphatic rings. The fourth-order valence-corrected chi connectivity index (χ4v) is 6.77. The van der Waals surface area contributed by atoms with Crippen molar-refractivity contribution < 1.29 is 24.2 Å². The minimum atomic E-state index is -0.790. The van der Waals surface area contributed by atoms with E-state index in [1.54, 1.807) is 12.2 Å². The first kappa shape index (κ1) is 17.0. The molecule has 0 bridgehead atoms. The van der Waals surface area contributed by atoms with Crippen molar-refractivity contribution in [2.45, 2.75) is 52.1 Å². The molecule has 136 valence electrons. The number of ketones is 1. The average Bonchev–Trinajstić information content (AvgIpc) is 2.91. The molecule has 25 heavy (non-hydrogen) atoms. The Balaban J connectivity index is 1.71. The van der Waals surface area contributed by atoms with Gasteiger partial charge in [-0.05, 0) is 61.5 Å². The molecule has 3 fully saturated rings. The Morgan fingerprint density at radius 3 is 2.80 bits per heavy atom. The third kappa shape index (κ3) is 2.21. The monoisotopic (exact) mass is 348 g/mol. The SMILES string of the molecule is C[C@]12C=CC(=O)C=C1CC[C@@H]1[C@@H]2C(O)C[C@]2(C)C(C(=O)OF)CC[C@@H]12. The Hall–Kier alpha value is -1.49. The van der Waals surface area contributed by atoms with E-state index in [0.29, 0.717) is 12.8 Å². The van der Waals surface area contributed by atoms with Crippen molar-refractivity contribution in [3.8, 4) is 0 Å². The molecule has 3 saturated carbocycles. The lowest BCUT2D eigenvalue weighted by molar-refractivity contribution is -0.198. The summed E-state index contributed by atoms with van der Waals surface area (Å²) in [6.07, 6.45) is 8.44. The van der Waals surface area contributed by atoms with Crippen LogP contribution in [0.2, 0.25) is 0 Å². The average molecular weight is 348 g/mol. The predicted molar refractivity (Wildman–Crippen MR) is 88.7 cm³/mol. The van der Waals surface area contributed by atoms with Crippen molar-refractivity contribution in [2.24, 2.45) is 34.5 Å². The topological polar surface area (TPSA) is 63.6 Å². The van der Waals surface area contributed by atoms with Crippen molar-refractivity contribution in [3.05, 3.63) is 23.8 Å². The molecule has 1 N–H and O–H groups in total. The quantitative estimate of drug-likeness (QED) is 0.790. The Morgan fingerprint density at radius 1 is 1.32 bits per heavy atom. The summed E-state index contributed by atoms with van der Waals surface area (Å²) in [6, 6.07) is 0. The lowest BCUT2D eigenvalue weighted by Gasteiger charge is -2.58. The molecule has 0 radical (unpaired) electrons. The summed E-state index contributed by atoms with van der Waals surface area (Å²) in [5.41, 5.74) is 0.382. The van der Waals surface area contributed by atoms with Crippen molar-refractivity contribution in [1.82, 2.24) is 0 Å². The van der Waals surface area contributed by atoms with E-state index in [1.807, 2.05) is 13.0 Å². The first-order valence-electron chi connectivity index (χ1n) is 9.26. The van der Waals surface area contributed by atoms with E-state index in [9.17, 15) is 19.2 Å². The van der Waals surface area contributed by atoms with Gasteiger partial charge in [-0.15, -0.1) is 0 Å². The predicted octanol–water partition coefficient (Wildman–Crippen LogP) is 3.31. The van der Waals surface area contributed by atoms with Crippen LogP contribution in [0.3, 0.4) is 0 Å². The summed E-state index contributed by atoms with van der Waals surface area (Å²) in [5.74, 6) is -0.670. The van der Waals surface area contributed by atoms with E-state index in [0.717, 1.165) is 24.8 Å². The number of allylic oxidation sites excluding steroid dienone is 4. The molecular weight excluding hydrogens is 323 g/mol. The van der Waals surface area contributed by atoms with E-state index in [2.05, 4.69) is 11.9 Å². The number of carbonyl (C=O) groups is 2. The summed E-state index contributed by atoms with van der Waals surface area (Å²) in [6.45, 7) is 4.13. The molecule has 0 heterocycles. The van der Waals surface area contributed by atoms with E-state index < -0.39 is 23.4 Å². The fraction of sp³-hybridized carbons (Fsp3) is 0.700. The maximum Gasteiger partial charge on any atom is 0.352 e. The number of halogens is 1. The summed E-state index contributed by atoms with van der Waals surface area (Å²) in [7, 11) is 0. The number of fused-ring (bicyclic) bond motifs is 5. The summed E-state index contributed by atoms with van der Waals surface area (Å²) in [4.78, 5) is 27.3. The molecule has 4 aliphatic carbocycles. The third-order valence-electron chi connectivity index (χ3n) is 7.85. The van der Waals surface area contributed by atoms with Crippen LogP contribution in [0.25, 0.3) is 0 Å². The van der Waals surface area contributed by atoms with Crippen LogP contribution < -0.4 is 0 Å². The van der Waals surface area contributed by atoms with Gasteiger partial charge < -0.3 is 5.11 Å². The summed E-state index contributed by atoms with van der Waals surface area (Å²) in [5, 5.41) is 11.1. The van der Waals surface area contributed by atoms with Crippen LogP contribution in [0.4, 0.5) is 4.53 Å². The molecule has 4 nitrogen and oxygen atoms in total. The molecule has 2 unspecified atom stereocenters. The molecule has 0 spiro atoms. The second-order valence-corrected chi connectivity index (χ2v) is 8.83. The second kappa shape index (κ2) is 5.50. The van der Waals surface area contributed by atoms with Gasteiger partial charge in [0.15, 0.2) is 5.78 Å². The number of hydrogen-bond donors (Lipinski definition) is 1. The highest BCUT2D eigenvalue weighted by molar-refractivity contribution is 6.01. The van der Waals surface area contributed by atoms with Gasteiger partial charge in [0.05, 0.1) is 12.0 Å². The van der Waals surface area contributed by atoms with Crippen molar-refractivity contribution in [3.63, 3.8) is 0 Å². The van der Waals surface area contributed by atoms with E-state index in [4.69, 9.17) is 0 Å². The van der Waals surface area contributed by atoms with Gasteiger partial charge in [0, 0.05) is 15.9 Å². The van der Waals surface area contributed by atoms with E-state index in [-0.39, 0.29) is 29.0 Å². The second-order valence-electron chi connectivity index (χ2n) is 8.83. The zero-order valence-corrected chi connectivity index (χ0v) is 14.7. The standard InChI is InChI=1S/C20H25FO4/c1-19-8-7-12(22)9-11(19)3-4-13-14-5-6-15(18(24)25-21)20(14,2)10-16(23)17(13)19/h7-9,13-17,23H,3-6,10H2,1-2H3/t13-,14-,15?,16?,17+,19-,20-/m0/s1. The lowest BCUT2D eigenvalue weighted by atomic mass is 9.47. The largest absolute Gasteiger partial charge is 0.393 e. The van der Waals surface area contributed by atoms with Crippen LogP contribution in [0.5, 0.6) is 0 Å². The number of aliphatic hydroxyl groups is 1. The van der Waals surface area contributed by atoms with Gasteiger partial charge in [0.25, 0.3) is 0 Å². The molecule has 0 aliphatic heterocycles. The molecule has 4 rings (SSSR count). The van der Waals surface area contributed by atoms with Crippen molar-refractivity contribution >= 4 is 11.8 Å². The van der Waals surface area contributed by atoms with Crippen LogP contribution >= 0.6 is 0 Å². The van der Waals surface area contributed by atoms with Crippen LogP contribution in [-0.2, 0) is 14.5 Å². The van der Waals surface area contributed by atoms with E-state index in [1.165, 1.54) is 0 Å². The highest BCUT2D eigenvalue weighted by atomic mass is 19.3. The van der Waals surface area contributed by atoms with Gasteiger partial charge >= 0.3 is 5.97 Å². The number of hydrogen-bond acceptors (Lipinski definition) is 4. The van der Waals surface area contributed by atoms with Crippen LogP contribution in [-0.4, -0.2) is 23.0 Å². The van der Waals surface area contributed by atoms with Gasteiger partial charge in [-0.3, -0.25) is 9.74 Å². The van der Waals surface area contributed by atoms with Gasteiger partial charge in [-0.25, -0.2) is 4.79 Å². The first-order valence-corrected chi connectivity index (χ1v) is 9.26. The highest BCUT2D eigenvalue weighted by Crippen LogP contribution is 2.66. The zero-order chi connectivity index (χ0) is 18.0.